The van der Waals surface area contributed by atoms with Crippen molar-refractivity contribution in [2.45, 2.75) is 60.2 Å². The highest BCUT2D eigenvalue weighted by molar-refractivity contribution is 7.94. The molecule has 3 rings (SSSR count). The van der Waals surface area contributed by atoms with Crippen molar-refractivity contribution in [3.63, 3.8) is 0 Å². The van der Waals surface area contributed by atoms with Crippen LogP contribution in [0.2, 0.25) is 0 Å². The van der Waals surface area contributed by atoms with Gasteiger partial charge in [-0.05, 0) is 52.6 Å². The predicted octanol–water partition coefficient (Wildman–Crippen LogP) is 0.213. The third-order valence-corrected chi connectivity index (χ3v) is 13.2. The van der Waals surface area contributed by atoms with Gasteiger partial charge in [0.25, 0.3) is 31.9 Å². The van der Waals surface area contributed by atoms with Gasteiger partial charge in [0, 0.05) is 75.7 Å². The van der Waals surface area contributed by atoms with Crippen LogP contribution >= 0.6 is 24.2 Å². The third kappa shape index (κ3) is 13.5. The molecule has 0 saturated carbocycles. The number of fused-ring (bicyclic) bond motifs is 1. The van der Waals surface area contributed by atoms with Crippen LogP contribution < -0.4 is 15.4 Å². The molecule has 1 fully saturated rings. The second-order valence-electron chi connectivity index (χ2n) is 13.0. The normalized spacial score (nSPS) is 18.5. The minimum atomic E-state index is -4.56. The number of esters is 2. The lowest BCUT2D eigenvalue weighted by atomic mass is 10.1. The Labute approximate surface area is 325 Å². The van der Waals surface area contributed by atoms with Gasteiger partial charge in [-0.2, -0.15) is 8.70 Å². The summed E-state index contributed by atoms with van der Waals surface area (Å²) in [5.41, 5.74) is -0.0932. The molecule has 23 heteroatoms. The van der Waals surface area contributed by atoms with Crippen molar-refractivity contribution in [1.82, 2.24) is 24.6 Å². The Bertz CT molecular complexity index is 1750. The smallest absolute Gasteiger partial charge is 0.331 e. The number of amidine groups is 1. The highest BCUT2D eigenvalue weighted by atomic mass is 32.3. The van der Waals surface area contributed by atoms with E-state index in [1.54, 1.807) is 9.62 Å². The van der Waals surface area contributed by atoms with Crippen LogP contribution in [-0.2, 0) is 58.1 Å². The van der Waals surface area contributed by atoms with Crippen LogP contribution in [-0.4, -0.2) is 147 Å². The number of nitrogens with zero attached hydrogens (tertiary/aromatic N) is 3. The molecule has 0 spiro atoms. The summed E-state index contributed by atoms with van der Waals surface area (Å²) in [4.78, 5) is 39.2. The number of nitrogens with one attached hydrogen (secondary N) is 4. The number of likely N-dealkylation sites (N-methyl/N-ethyl adjacent to an activating group) is 1. The molecular formula is C31H49N7O12S4. The number of hydrogen-bond acceptors (Lipinski definition) is 18. The van der Waals surface area contributed by atoms with Crippen LogP contribution in [0.1, 0.15) is 45.7 Å². The number of thiophene rings is 1. The van der Waals surface area contributed by atoms with Crippen LogP contribution in [0.4, 0.5) is 0 Å². The second kappa shape index (κ2) is 20.7. The number of amides is 1. The summed E-state index contributed by atoms with van der Waals surface area (Å²) in [6.07, 6.45) is 0.982. The van der Waals surface area contributed by atoms with Gasteiger partial charge in [-0.1, -0.05) is 6.92 Å². The van der Waals surface area contributed by atoms with Crippen LogP contribution in [0.25, 0.3) is 0 Å². The van der Waals surface area contributed by atoms with E-state index in [1.807, 2.05) is 27.7 Å². The van der Waals surface area contributed by atoms with Gasteiger partial charge >= 0.3 is 11.9 Å². The standard InChI is InChI=1S/C31H49N7O12S4/c1-6-33-23-18-38(10-7-13-46-5)54(44,45)30-22(23)16-27(52-30)53(42,43)36-24(39)20-48-25(40)8-9-26(41)50-21(17-34-31(2,3)4)19-49-28(32)29(35-51)37-11-14-47-15-12-37/h8-9,16,21,23,32-34,51H,6-7,10-15,17-20H2,1-5H3,(H,36,39)/b9-8+,32-28?,35-29?/t21-,23-/m0/s1. The lowest BCUT2D eigenvalue weighted by Gasteiger charge is -2.32. The molecule has 1 amide bonds. The summed E-state index contributed by atoms with van der Waals surface area (Å²) < 4.78 is 85.4. The molecule has 0 aromatic carbocycles. The molecule has 1 aromatic rings. The Balaban J connectivity index is 1.57. The Hall–Kier alpha value is -3.16. The second-order valence-corrected chi connectivity index (χ2v) is 18.2. The monoisotopic (exact) mass is 839 g/mol. The fourth-order valence-corrected chi connectivity index (χ4v) is 10.1. The largest absolute Gasteiger partial charge is 0.471 e. The Kier molecular flexibility index (Phi) is 17.3. The van der Waals surface area contributed by atoms with Crippen molar-refractivity contribution in [1.29, 1.82) is 5.41 Å². The van der Waals surface area contributed by atoms with Gasteiger partial charge in [0.2, 0.25) is 0 Å². The van der Waals surface area contributed by atoms with E-state index in [1.165, 1.54) is 17.5 Å². The number of methoxy groups -OCH3 is 1. The molecule has 54 heavy (non-hydrogen) atoms. The van der Waals surface area contributed by atoms with Gasteiger partial charge in [-0.25, -0.2) is 31.1 Å². The zero-order valence-electron chi connectivity index (χ0n) is 30.8. The number of sulfonamides is 2. The molecule has 3 heterocycles. The van der Waals surface area contributed by atoms with Gasteiger partial charge in [0.15, 0.2) is 12.4 Å². The molecule has 1 saturated heterocycles. The molecule has 1 aromatic heterocycles. The maximum atomic E-state index is 13.3. The minimum absolute atomic E-state index is 0.0847. The minimum Gasteiger partial charge on any atom is -0.471 e. The summed E-state index contributed by atoms with van der Waals surface area (Å²) in [5, 5.41) is 14.7. The highest BCUT2D eigenvalue weighted by Crippen LogP contribution is 2.40. The molecule has 19 nitrogen and oxygen atoms in total. The number of ether oxygens (including phenoxy) is 5. The number of carbonyl (C=O) groups excluding carboxylic acids is 3. The first-order chi connectivity index (χ1) is 25.4. The van der Waals surface area contributed by atoms with Crippen LogP contribution in [0.3, 0.4) is 0 Å². The number of carbonyl (C=O) groups is 3. The molecule has 304 valence electrons. The molecule has 0 unspecified atom stereocenters. The zero-order chi connectivity index (χ0) is 40.1. The van der Waals surface area contributed by atoms with E-state index in [2.05, 4.69) is 27.8 Å². The first-order valence-electron chi connectivity index (χ1n) is 16.9. The summed E-state index contributed by atoms with van der Waals surface area (Å²) in [6, 6.07) is 0.723. The Morgan fingerprint density at radius 1 is 1.19 bits per heavy atom. The Morgan fingerprint density at radius 2 is 1.87 bits per heavy atom. The Morgan fingerprint density at radius 3 is 2.50 bits per heavy atom. The lowest BCUT2D eigenvalue weighted by molar-refractivity contribution is -0.146. The predicted molar refractivity (Wildman–Crippen MR) is 202 cm³/mol. The van der Waals surface area contributed by atoms with Crippen molar-refractivity contribution < 1.29 is 54.9 Å². The summed E-state index contributed by atoms with van der Waals surface area (Å²) in [6.45, 7) is 9.35. The average Bonchev–Trinajstić information content (AvgIpc) is 3.59. The first kappa shape index (κ1) is 45.2. The van der Waals surface area contributed by atoms with Crippen molar-refractivity contribution in [3.05, 3.63) is 23.8 Å². The van der Waals surface area contributed by atoms with Crippen molar-refractivity contribution in [2.75, 3.05) is 79.4 Å². The summed E-state index contributed by atoms with van der Waals surface area (Å²) in [7, 11) is -7.07. The van der Waals surface area contributed by atoms with E-state index in [0.717, 1.165) is 6.08 Å². The third-order valence-electron chi connectivity index (χ3n) is 7.62. The number of hydrogen-bond donors (Lipinski definition) is 5. The quantitative estimate of drug-likeness (QED) is 0.0352. The fraction of sp³-hybridized carbons (Fsp3) is 0.645. The number of morpholine rings is 1. The molecule has 0 bridgehead atoms. The maximum Gasteiger partial charge on any atom is 0.331 e. The lowest BCUT2D eigenvalue weighted by Crippen LogP contribution is -2.46. The molecule has 0 aliphatic carbocycles. The molecule has 0 radical (unpaired) electrons. The van der Waals surface area contributed by atoms with Gasteiger partial charge in [0.05, 0.1) is 13.2 Å². The first-order valence-corrected chi connectivity index (χ1v) is 21.0. The molecule has 2 aliphatic heterocycles. The number of thiol groups is 1. The summed E-state index contributed by atoms with van der Waals surface area (Å²) >= 11 is 4.46. The van der Waals surface area contributed by atoms with E-state index in [9.17, 15) is 31.2 Å². The van der Waals surface area contributed by atoms with Crippen LogP contribution in [0.15, 0.2) is 31.0 Å². The fourth-order valence-electron chi connectivity index (χ4n) is 5.05. The number of rotatable bonds is 17. The van der Waals surface area contributed by atoms with E-state index >= 15 is 0 Å². The van der Waals surface area contributed by atoms with Gasteiger partial charge in [-0.15, -0.1) is 11.3 Å². The van der Waals surface area contributed by atoms with Crippen LogP contribution in [0, 0.1) is 5.41 Å². The van der Waals surface area contributed by atoms with Crippen LogP contribution in [0.5, 0.6) is 0 Å². The van der Waals surface area contributed by atoms with Gasteiger partial charge in [-0.3, -0.25) is 10.2 Å². The maximum absolute atomic E-state index is 13.3. The molecule has 4 N–H and O–H groups in total. The van der Waals surface area contributed by atoms with E-state index < -0.39 is 60.9 Å². The van der Waals surface area contributed by atoms with Crippen molar-refractivity contribution >= 4 is 73.8 Å². The zero-order valence-corrected chi connectivity index (χ0v) is 34.1. The molecule has 2 atom stereocenters. The SMILES string of the molecule is CCN[C@H]1CN(CCCOC)S(=O)(=O)c2sc(S(=O)(=O)NC(=O)COC(=O)/C=C/C(=O)O[C@@H](CNC(C)(C)C)COC(=N)C(=NS)N3CCOCC3)cc21. The van der Waals surface area contributed by atoms with E-state index in [4.69, 9.17) is 29.1 Å². The van der Waals surface area contributed by atoms with Gasteiger partial charge in [0.1, 0.15) is 21.1 Å². The summed E-state index contributed by atoms with van der Waals surface area (Å²) in [5.74, 6) is -3.43. The highest BCUT2D eigenvalue weighted by Gasteiger charge is 2.40. The molecular weight excluding hydrogens is 791 g/mol. The topological polar surface area (TPSA) is 244 Å². The van der Waals surface area contributed by atoms with Crippen molar-refractivity contribution in [3.8, 4) is 0 Å². The van der Waals surface area contributed by atoms with Gasteiger partial charge < -0.3 is 39.2 Å². The molecule has 2 aliphatic rings. The van der Waals surface area contributed by atoms with E-state index in [-0.39, 0.29) is 53.3 Å². The van der Waals surface area contributed by atoms with E-state index in [0.29, 0.717) is 63.3 Å². The average molecular weight is 840 g/mol. The van der Waals surface area contributed by atoms with Crippen molar-refractivity contribution in [2.24, 2.45) is 4.40 Å².